The Balaban J connectivity index is 1.99. The highest BCUT2D eigenvalue weighted by Crippen LogP contribution is 2.06. The molecule has 3 nitrogen and oxygen atoms in total. The molecular formula is C9H19NO2. The molecule has 1 aliphatic heterocycles. The molecule has 2 atom stereocenters. The van der Waals surface area contributed by atoms with Crippen LogP contribution in [0.25, 0.3) is 0 Å². The molecule has 0 bridgehead atoms. The van der Waals surface area contributed by atoms with E-state index in [2.05, 4.69) is 5.32 Å². The maximum Gasteiger partial charge on any atom is 0.154 e. The van der Waals surface area contributed by atoms with Gasteiger partial charge in [0, 0.05) is 12.6 Å². The zero-order valence-electron chi connectivity index (χ0n) is 8.01. The van der Waals surface area contributed by atoms with Crippen LogP contribution in [0.2, 0.25) is 0 Å². The van der Waals surface area contributed by atoms with Crippen molar-refractivity contribution in [2.24, 2.45) is 0 Å². The third-order valence-electron chi connectivity index (χ3n) is 2.10. The van der Waals surface area contributed by atoms with Crippen LogP contribution in [0.5, 0.6) is 0 Å². The van der Waals surface area contributed by atoms with Crippen LogP contribution in [0, 0.1) is 0 Å². The van der Waals surface area contributed by atoms with E-state index in [0.717, 1.165) is 19.8 Å². The molecule has 0 aromatic rings. The van der Waals surface area contributed by atoms with Gasteiger partial charge in [-0.25, -0.2) is 0 Å². The van der Waals surface area contributed by atoms with Gasteiger partial charge in [-0.05, 0) is 33.2 Å². The standard InChI is InChI=1S/C9H19NO2/c1-3-11-8(2)12-7-9-5-4-6-10-9/h8-10H,3-7H2,1-2H3. The van der Waals surface area contributed by atoms with Crippen LogP contribution in [0.1, 0.15) is 26.7 Å². The van der Waals surface area contributed by atoms with Gasteiger partial charge in [-0.1, -0.05) is 0 Å². The monoisotopic (exact) mass is 173 g/mol. The fourth-order valence-electron chi connectivity index (χ4n) is 1.43. The van der Waals surface area contributed by atoms with Gasteiger partial charge in [-0.2, -0.15) is 0 Å². The lowest BCUT2D eigenvalue weighted by Crippen LogP contribution is -2.29. The van der Waals surface area contributed by atoms with Crippen LogP contribution in [-0.4, -0.2) is 32.1 Å². The van der Waals surface area contributed by atoms with Gasteiger partial charge in [0.2, 0.25) is 0 Å². The lowest BCUT2D eigenvalue weighted by Gasteiger charge is -2.16. The molecule has 1 fully saturated rings. The van der Waals surface area contributed by atoms with Crippen LogP contribution in [0.15, 0.2) is 0 Å². The molecule has 1 aliphatic rings. The predicted molar refractivity (Wildman–Crippen MR) is 48.1 cm³/mol. The summed E-state index contributed by atoms with van der Waals surface area (Å²) >= 11 is 0. The quantitative estimate of drug-likeness (QED) is 0.632. The molecule has 1 saturated heterocycles. The molecule has 0 spiro atoms. The van der Waals surface area contributed by atoms with Gasteiger partial charge in [-0.3, -0.25) is 0 Å². The summed E-state index contributed by atoms with van der Waals surface area (Å²) in [7, 11) is 0. The van der Waals surface area contributed by atoms with E-state index in [1.807, 2.05) is 13.8 Å². The van der Waals surface area contributed by atoms with E-state index in [0.29, 0.717) is 6.04 Å². The molecule has 0 aromatic heterocycles. The first-order valence-corrected chi connectivity index (χ1v) is 4.79. The van der Waals surface area contributed by atoms with Gasteiger partial charge in [0.1, 0.15) is 0 Å². The Hall–Kier alpha value is -0.120. The molecule has 1 heterocycles. The van der Waals surface area contributed by atoms with Gasteiger partial charge < -0.3 is 14.8 Å². The van der Waals surface area contributed by atoms with Crippen molar-refractivity contribution in [2.75, 3.05) is 19.8 Å². The van der Waals surface area contributed by atoms with E-state index in [1.54, 1.807) is 0 Å². The Kier molecular flexibility index (Phi) is 4.58. The molecule has 0 saturated carbocycles. The summed E-state index contributed by atoms with van der Waals surface area (Å²) in [5.74, 6) is 0. The van der Waals surface area contributed by atoms with Gasteiger partial charge >= 0.3 is 0 Å². The lowest BCUT2D eigenvalue weighted by atomic mass is 10.2. The van der Waals surface area contributed by atoms with Crippen molar-refractivity contribution >= 4 is 0 Å². The van der Waals surface area contributed by atoms with Gasteiger partial charge in [0.05, 0.1) is 6.61 Å². The summed E-state index contributed by atoms with van der Waals surface area (Å²) in [6.45, 7) is 6.56. The van der Waals surface area contributed by atoms with Gasteiger partial charge in [0.25, 0.3) is 0 Å². The molecule has 72 valence electrons. The second-order valence-electron chi connectivity index (χ2n) is 3.15. The first kappa shape index (κ1) is 9.96. The second-order valence-corrected chi connectivity index (χ2v) is 3.15. The lowest BCUT2D eigenvalue weighted by molar-refractivity contribution is -0.130. The Bertz CT molecular complexity index is 113. The fraction of sp³-hybridized carbons (Fsp3) is 1.00. The third-order valence-corrected chi connectivity index (χ3v) is 2.10. The Labute approximate surface area is 74.4 Å². The third kappa shape index (κ3) is 3.52. The zero-order valence-corrected chi connectivity index (χ0v) is 8.01. The minimum absolute atomic E-state index is 0.0580. The topological polar surface area (TPSA) is 30.5 Å². The summed E-state index contributed by atoms with van der Waals surface area (Å²) in [5, 5.41) is 3.37. The summed E-state index contributed by atoms with van der Waals surface area (Å²) in [6, 6.07) is 0.549. The summed E-state index contributed by atoms with van der Waals surface area (Å²) < 4.78 is 10.7. The number of hydrogen-bond acceptors (Lipinski definition) is 3. The first-order valence-electron chi connectivity index (χ1n) is 4.79. The Morgan fingerprint density at radius 1 is 1.50 bits per heavy atom. The molecule has 3 heteroatoms. The highest BCUT2D eigenvalue weighted by molar-refractivity contribution is 4.73. The maximum absolute atomic E-state index is 5.48. The van der Waals surface area contributed by atoms with Crippen molar-refractivity contribution in [3.8, 4) is 0 Å². The van der Waals surface area contributed by atoms with E-state index in [1.165, 1.54) is 12.8 Å². The normalized spacial score (nSPS) is 26.0. The maximum atomic E-state index is 5.48. The second kappa shape index (κ2) is 5.51. The van der Waals surface area contributed by atoms with E-state index in [9.17, 15) is 0 Å². The van der Waals surface area contributed by atoms with Crippen molar-refractivity contribution in [1.82, 2.24) is 5.32 Å². The number of hydrogen-bond donors (Lipinski definition) is 1. The first-order chi connectivity index (χ1) is 5.83. The van der Waals surface area contributed by atoms with Crippen molar-refractivity contribution in [3.63, 3.8) is 0 Å². The minimum Gasteiger partial charge on any atom is -0.353 e. The smallest absolute Gasteiger partial charge is 0.154 e. The zero-order chi connectivity index (χ0) is 8.81. The van der Waals surface area contributed by atoms with E-state index < -0.39 is 0 Å². The largest absolute Gasteiger partial charge is 0.353 e. The minimum atomic E-state index is -0.0580. The van der Waals surface area contributed by atoms with Gasteiger partial charge in [0.15, 0.2) is 6.29 Å². The summed E-state index contributed by atoms with van der Waals surface area (Å²) in [4.78, 5) is 0. The van der Waals surface area contributed by atoms with E-state index in [-0.39, 0.29) is 6.29 Å². The number of ether oxygens (including phenoxy) is 2. The molecule has 2 unspecified atom stereocenters. The van der Waals surface area contributed by atoms with Gasteiger partial charge in [-0.15, -0.1) is 0 Å². The van der Waals surface area contributed by atoms with Crippen LogP contribution in [0.4, 0.5) is 0 Å². The van der Waals surface area contributed by atoms with Crippen LogP contribution in [0.3, 0.4) is 0 Å². The molecule has 0 amide bonds. The van der Waals surface area contributed by atoms with Crippen LogP contribution >= 0.6 is 0 Å². The average Bonchev–Trinajstić information content (AvgIpc) is 2.53. The van der Waals surface area contributed by atoms with E-state index in [4.69, 9.17) is 9.47 Å². The Morgan fingerprint density at radius 2 is 2.33 bits per heavy atom. The summed E-state index contributed by atoms with van der Waals surface area (Å²) in [5.41, 5.74) is 0. The average molecular weight is 173 g/mol. The Morgan fingerprint density at radius 3 is 2.92 bits per heavy atom. The predicted octanol–water partition coefficient (Wildman–Crippen LogP) is 1.14. The van der Waals surface area contributed by atoms with E-state index >= 15 is 0 Å². The molecular weight excluding hydrogens is 154 g/mol. The molecule has 1 rings (SSSR count). The molecule has 0 aromatic carbocycles. The highest BCUT2D eigenvalue weighted by atomic mass is 16.7. The van der Waals surface area contributed by atoms with Crippen molar-refractivity contribution in [1.29, 1.82) is 0 Å². The van der Waals surface area contributed by atoms with Crippen molar-refractivity contribution in [2.45, 2.75) is 39.0 Å². The molecule has 0 radical (unpaired) electrons. The highest BCUT2D eigenvalue weighted by Gasteiger charge is 2.14. The molecule has 12 heavy (non-hydrogen) atoms. The molecule has 1 N–H and O–H groups in total. The van der Waals surface area contributed by atoms with Crippen molar-refractivity contribution < 1.29 is 9.47 Å². The fourth-order valence-corrected chi connectivity index (χ4v) is 1.43. The van der Waals surface area contributed by atoms with Crippen LogP contribution < -0.4 is 5.32 Å². The van der Waals surface area contributed by atoms with Crippen LogP contribution in [-0.2, 0) is 9.47 Å². The number of nitrogens with one attached hydrogen (secondary N) is 1. The molecule has 0 aliphatic carbocycles. The number of rotatable bonds is 5. The van der Waals surface area contributed by atoms with Crippen molar-refractivity contribution in [3.05, 3.63) is 0 Å². The SMILES string of the molecule is CCOC(C)OCC1CCCN1. The summed E-state index contributed by atoms with van der Waals surface area (Å²) in [6.07, 6.45) is 2.45.